The summed E-state index contributed by atoms with van der Waals surface area (Å²) in [6, 6.07) is 58.2. The number of aromatic nitrogens is 5. The minimum atomic E-state index is -0.217. The van der Waals surface area contributed by atoms with Crippen LogP contribution in [0.25, 0.3) is 83.9 Å². The van der Waals surface area contributed by atoms with Crippen LogP contribution in [0.15, 0.2) is 170 Å². The zero-order valence-electron chi connectivity index (χ0n) is 28.3. The number of para-hydroxylation sites is 1. The Morgan fingerprint density at radius 1 is 0.415 bits per heavy atom. The van der Waals surface area contributed by atoms with Gasteiger partial charge < -0.3 is 5.32 Å². The van der Waals surface area contributed by atoms with E-state index in [2.05, 4.69) is 103 Å². The number of benzene rings is 7. The van der Waals surface area contributed by atoms with Crippen molar-refractivity contribution in [3.05, 3.63) is 186 Å². The lowest BCUT2D eigenvalue weighted by Crippen LogP contribution is -2.08. The molecule has 1 aliphatic heterocycles. The molecule has 0 saturated heterocycles. The van der Waals surface area contributed by atoms with Crippen molar-refractivity contribution >= 4 is 28.4 Å². The van der Waals surface area contributed by atoms with E-state index in [-0.39, 0.29) is 6.04 Å². The van der Waals surface area contributed by atoms with Crippen LogP contribution < -0.4 is 0 Å². The normalized spacial score (nSPS) is 13.2. The Morgan fingerprint density at radius 3 is 1.60 bits per heavy atom. The maximum absolute atomic E-state index is 5.37. The summed E-state index contributed by atoms with van der Waals surface area (Å²) in [6.07, 6.45) is 0. The molecule has 2 aromatic heterocycles. The van der Waals surface area contributed by atoms with Crippen molar-refractivity contribution in [2.75, 3.05) is 0 Å². The highest BCUT2D eigenvalue weighted by Crippen LogP contribution is 2.53. The zero-order chi connectivity index (χ0) is 35.1. The first-order chi connectivity index (χ1) is 26.3. The molecule has 0 aliphatic carbocycles. The lowest BCUT2D eigenvalue weighted by Gasteiger charge is -2.42. The van der Waals surface area contributed by atoms with Crippen molar-refractivity contribution in [1.29, 1.82) is 0 Å². The largest absolute Gasteiger partial charge is 0.674 e. The highest BCUT2D eigenvalue weighted by molar-refractivity contribution is 7.00. The van der Waals surface area contributed by atoms with Crippen molar-refractivity contribution in [3.63, 3.8) is 0 Å². The quantitative estimate of drug-likeness (QED) is 0.173. The summed E-state index contributed by atoms with van der Waals surface area (Å²) in [7, 11) is 0. The first kappa shape index (κ1) is 30.9. The molecule has 0 bridgehead atoms. The minimum Gasteiger partial charge on any atom is -0.674 e. The second-order valence-corrected chi connectivity index (χ2v) is 13.5. The Hall–Kier alpha value is -6.83. The minimum absolute atomic E-state index is 0.217. The van der Waals surface area contributed by atoms with E-state index in [0.29, 0.717) is 17.5 Å². The van der Waals surface area contributed by atoms with Gasteiger partial charge in [-0.3, -0.25) is 0 Å². The van der Waals surface area contributed by atoms with Gasteiger partial charge >= 0.3 is 0 Å². The van der Waals surface area contributed by atoms with Crippen molar-refractivity contribution in [2.45, 2.75) is 6.04 Å². The zero-order valence-corrected chi connectivity index (χ0v) is 29.2. The monoisotopic (exact) mass is 697 g/mol. The molecule has 1 aliphatic rings. The third kappa shape index (κ3) is 5.64. The summed E-state index contributed by atoms with van der Waals surface area (Å²) in [5.74, 6) is 1.92. The highest BCUT2D eigenvalue weighted by atomic mass is 32.1. The molecule has 0 amide bonds. The molecule has 53 heavy (non-hydrogen) atoms. The van der Waals surface area contributed by atoms with E-state index >= 15 is 0 Å². The van der Waals surface area contributed by atoms with Crippen LogP contribution in [0.5, 0.6) is 0 Å². The van der Waals surface area contributed by atoms with Crippen LogP contribution in [-0.2, 0) is 0 Å². The SMILES string of the molecule is c1ccc(-c2nc(-c3ccccc3)nc(-c3ccc(-c4cccc(C5[N-]c6ccccc6-c6c5cc(-c5ccccc5)c5nsnc65)c4)cc3)n2)cc1. The van der Waals surface area contributed by atoms with Crippen molar-refractivity contribution in [3.8, 4) is 67.5 Å². The maximum Gasteiger partial charge on any atom is 0.164 e. The molecule has 0 spiro atoms. The first-order valence-electron chi connectivity index (χ1n) is 17.5. The van der Waals surface area contributed by atoms with Gasteiger partial charge in [0.25, 0.3) is 0 Å². The number of rotatable bonds is 6. The van der Waals surface area contributed by atoms with Crippen LogP contribution in [0.4, 0.5) is 5.69 Å². The van der Waals surface area contributed by atoms with E-state index in [4.69, 9.17) is 29.0 Å². The third-order valence-electron chi connectivity index (χ3n) is 9.77. The average molecular weight is 698 g/mol. The Bertz CT molecular complexity index is 2690. The maximum atomic E-state index is 5.37. The lowest BCUT2D eigenvalue weighted by atomic mass is 9.83. The van der Waals surface area contributed by atoms with Gasteiger partial charge in [-0.2, -0.15) is 8.75 Å². The molecule has 3 heterocycles. The fourth-order valence-corrected chi connectivity index (χ4v) is 7.76. The topological polar surface area (TPSA) is 78.5 Å². The molecule has 6 nitrogen and oxygen atoms in total. The molecule has 9 aromatic rings. The van der Waals surface area contributed by atoms with Gasteiger partial charge in [0.1, 0.15) is 11.0 Å². The van der Waals surface area contributed by atoms with E-state index in [1.54, 1.807) is 0 Å². The molecular formula is C46H29N6S-. The first-order valence-corrected chi connectivity index (χ1v) is 18.2. The molecule has 1 unspecified atom stereocenters. The number of hydrogen-bond acceptors (Lipinski definition) is 6. The molecule has 250 valence electrons. The smallest absolute Gasteiger partial charge is 0.164 e. The Morgan fingerprint density at radius 2 is 0.943 bits per heavy atom. The molecule has 7 aromatic carbocycles. The van der Waals surface area contributed by atoms with Crippen molar-refractivity contribution in [2.24, 2.45) is 0 Å². The predicted octanol–water partition coefficient (Wildman–Crippen LogP) is 12.0. The van der Waals surface area contributed by atoms with Crippen LogP contribution in [0.2, 0.25) is 0 Å². The van der Waals surface area contributed by atoms with Gasteiger partial charge in [0, 0.05) is 27.8 Å². The van der Waals surface area contributed by atoms with E-state index in [0.717, 1.165) is 77.9 Å². The van der Waals surface area contributed by atoms with E-state index < -0.39 is 0 Å². The number of nitrogens with zero attached hydrogens (tertiary/aromatic N) is 6. The van der Waals surface area contributed by atoms with Crippen molar-refractivity contribution in [1.82, 2.24) is 23.7 Å². The fraction of sp³-hybridized carbons (Fsp3) is 0.0217. The van der Waals surface area contributed by atoms with Gasteiger partial charge in [-0.1, -0.05) is 175 Å². The second-order valence-electron chi connectivity index (χ2n) is 13.0. The van der Waals surface area contributed by atoms with Crippen molar-refractivity contribution < 1.29 is 0 Å². The van der Waals surface area contributed by atoms with Gasteiger partial charge in [-0.05, 0) is 33.9 Å². The molecule has 0 saturated carbocycles. The van der Waals surface area contributed by atoms with E-state index in [1.807, 2.05) is 66.7 Å². The number of hydrogen-bond donors (Lipinski definition) is 0. The fourth-order valence-electron chi connectivity index (χ4n) is 7.20. The summed E-state index contributed by atoms with van der Waals surface area (Å²) in [4.78, 5) is 14.7. The third-order valence-corrected chi connectivity index (χ3v) is 10.3. The highest BCUT2D eigenvalue weighted by Gasteiger charge is 2.25. The summed E-state index contributed by atoms with van der Waals surface area (Å²) in [6.45, 7) is 0. The molecule has 0 radical (unpaired) electrons. The Balaban J connectivity index is 1.04. The Kier molecular flexibility index (Phi) is 7.62. The van der Waals surface area contributed by atoms with Crippen LogP contribution >= 0.6 is 11.7 Å². The summed E-state index contributed by atoms with van der Waals surface area (Å²) in [5.41, 5.74) is 14.5. The van der Waals surface area contributed by atoms with Gasteiger partial charge in [-0.25, -0.2) is 15.0 Å². The van der Waals surface area contributed by atoms with E-state index in [9.17, 15) is 0 Å². The average Bonchev–Trinajstić information content (AvgIpc) is 3.74. The summed E-state index contributed by atoms with van der Waals surface area (Å²) < 4.78 is 9.65. The van der Waals surface area contributed by atoms with Gasteiger partial charge in [0.05, 0.1) is 11.7 Å². The number of fused-ring (bicyclic) bond motifs is 5. The molecule has 1 atom stereocenters. The van der Waals surface area contributed by atoms with Crippen LogP contribution in [0.1, 0.15) is 17.2 Å². The van der Waals surface area contributed by atoms with Gasteiger partial charge in [0.2, 0.25) is 0 Å². The molecule has 10 rings (SSSR count). The standard InChI is InChI=1S/C46H29N6S/c1-4-13-30(14-5-1)37-28-38-40(43-42(37)51-53-52-43)36-21-10-11-22-39(36)47-41(38)35-20-12-19-34(27-35)29-23-25-33(26-24-29)46-49-44(31-15-6-2-7-16-31)48-45(50-46)32-17-8-3-9-18-32/h1-28,41H/q-1. The van der Waals surface area contributed by atoms with Crippen LogP contribution in [-0.4, -0.2) is 23.7 Å². The predicted molar refractivity (Wildman–Crippen MR) is 215 cm³/mol. The van der Waals surface area contributed by atoms with Crippen LogP contribution in [0.3, 0.4) is 0 Å². The summed E-state index contributed by atoms with van der Waals surface area (Å²) >= 11 is 1.26. The molecular weight excluding hydrogens is 669 g/mol. The second kappa shape index (κ2) is 13.1. The molecule has 7 heteroatoms. The van der Waals surface area contributed by atoms with Crippen LogP contribution in [0, 0.1) is 0 Å². The molecule has 0 fully saturated rings. The van der Waals surface area contributed by atoms with E-state index in [1.165, 1.54) is 11.7 Å². The molecule has 0 N–H and O–H groups in total. The van der Waals surface area contributed by atoms with Gasteiger partial charge in [-0.15, -0.1) is 5.69 Å². The summed E-state index contributed by atoms with van der Waals surface area (Å²) in [5, 5.41) is 5.37. The Labute approximate surface area is 310 Å². The lowest BCUT2D eigenvalue weighted by molar-refractivity contribution is 0.984. The van der Waals surface area contributed by atoms with Gasteiger partial charge in [0.15, 0.2) is 17.5 Å².